The minimum atomic E-state index is -4.12. The second kappa shape index (κ2) is 10.7. The zero-order valence-electron chi connectivity index (χ0n) is 20.5. The fourth-order valence-corrected chi connectivity index (χ4v) is 6.55. The van der Waals surface area contributed by atoms with Crippen LogP contribution in [-0.2, 0) is 14.8 Å². The Hall–Kier alpha value is -3.57. The number of aromatic nitrogens is 1. The van der Waals surface area contributed by atoms with E-state index in [4.69, 9.17) is 31.5 Å². The molecule has 1 unspecified atom stereocenters. The molecule has 1 aliphatic rings. The molecule has 1 aliphatic heterocycles. The number of rotatable bonds is 8. The number of halogens is 1. The van der Waals surface area contributed by atoms with Gasteiger partial charge in [-0.3, -0.25) is 4.79 Å². The summed E-state index contributed by atoms with van der Waals surface area (Å²) in [6, 6.07) is 19.9. The van der Waals surface area contributed by atoms with Crippen molar-refractivity contribution in [3.8, 4) is 22.6 Å². The summed E-state index contributed by atoms with van der Waals surface area (Å²) >= 11 is 6.13. The van der Waals surface area contributed by atoms with Crippen LogP contribution in [0.5, 0.6) is 11.5 Å². The van der Waals surface area contributed by atoms with Crippen LogP contribution < -0.4 is 15.2 Å². The minimum Gasteiger partial charge on any atom is -0.496 e. The fourth-order valence-electron chi connectivity index (χ4n) is 4.59. The number of hydrogen-bond donors (Lipinski definition) is 2. The molecule has 0 saturated carbocycles. The third kappa shape index (κ3) is 4.95. The van der Waals surface area contributed by atoms with Crippen molar-refractivity contribution in [2.24, 2.45) is 5.73 Å². The maximum Gasteiger partial charge on any atom is 0.266 e. The first-order valence-corrected chi connectivity index (χ1v) is 13.7. The second-order valence-corrected chi connectivity index (χ2v) is 11.1. The Kier molecular flexibility index (Phi) is 7.31. The van der Waals surface area contributed by atoms with Crippen LogP contribution in [-0.4, -0.2) is 63.1 Å². The molecular weight excluding hydrogens is 530 g/mol. The molecule has 5 rings (SSSR count). The number of nitrogens with two attached hydrogens (primary N) is 1. The Labute approximate surface area is 225 Å². The van der Waals surface area contributed by atoms with Gasteiger partial charge in [-0.1, -0.05) is 48.0 Å². The van der Waals surface area contributed by atoms with E-state index in [0.29, 0.717) is 27.4 Å². The molecule has 1 amide bonds. The number of ether oxygens (including phenoxy) is 3. The molecule has 38 heavy (non-hydrogen) atoms. The van der Waals surface area contributed by atoms with Gasteiger partial charge in [-0.25, -0.2) is 8.42 Å². The van der Waals surface area contributed by atoms with Crippen LogP contribution in [0.25, 0.3) is 22.0 Å². The Morgan fingerprint density at radius 2 is 1.79 bits per heavy atom. The third-order valence-corrected chi connectivity index (χ3v) is 8.55. The molecular formula is C27H26ClN3O6S. The van der Waals surface area contributed by atoms with Crippen molar-refractivity contribution >= 4 is 38.4 Å². The number of nitrogens with zero attached hydrogens (tertiary/aromatic N) is 1. The molecule has 3 N–H and O–H groups in total. The molecule has 1 aromatic heterocycles. The van der Waals surface area contributed by atoms with Crippen LogP contribution in [0.4, 0.5) is 0 Å². The molecule has 1 fully saturated rings. The first kappa shape index (κ1) is 26.1. The average molecular weight is 556 g/mol. The molecule has 9 nitrogen and oxygen atoms in total. The van der Waals surface area contributed by atoms with Gasteiger partial charge in [0.15, 0.2) is 0 Å². The van der Waals surface area contributed by atoms with Crippen molar-refractivity contribution in [3.63, 3.8) is 0 Å². The molecule has 4 aromatic rings. The van der Waals surface area contributed by atoms with Crippen LogP contribution in [0.15, 0.2) is 71.6 Å². The summed E-state index contributed by atoms with van der Waals surface area (Å²) in [5, 5.41) is 0.641. The van der Waals surface area contributed by atoms with Crippen LogP contribution in [0.2, 0.25) is 5.02 Å². The number of amides is 1. The quantitative estimate of drug-likeness (QED) is 0.338. The van der Waals surface area contributed by atoms with Crippen molar-refractivity contribution in [3.05, 3.63) is 77.4 Å². The molecule has 0 aliphatic carbocycles. The summed E-state index contributed by atoms with van der Waals surface area (Å²) in [6.45, 7) is 0.420. The highest BCUT2D eigenvalue weighted by atomic mass is 35.5. The highest BCUT2D eigenvalue weighted by molar-refractivity contribution is 7.89. The maximum absolute atomic E-state index is 13.8. The second-order valence-electron chi connectivity index (χ2n) is 8.75. The van der Waals surface area contributed by atoms with Gasteiger partial charge in [0.25, 0.3) is 5.91 Å². The summed E-state index contributed by atoms with van der Waals surface area (Å²) in [7, 11) is -2.51. The number of para-hydroxylation sites is 2. The number of primary amides is 1. The Balaban J connectivity index is 1.39. The van der Waals surface area contributed by atoms with Gasteiger partial charge in [-0.15, -0.1) is 0 Å². The summed E-state index contributed by atoms with van der Waals surface area (Å²) < 4.78 is 46.3. The van der Waals surface area contributed by atoms with Crippen molar-refractivity contribution in [1.29, 1.82) is 0 Å². The van der Waals surface area contributed by atoms with Crippen molar-refractivity contribution in [2.75, 3.05) is 33.4 Å². The molecule has 3 aromatic carbocycles. The highest BCUT2D eigenvalue weighted by Gasteiger charge is 2.36. The monoisotopic (exact) mass is 555 g/mol. The fraction of sp³-hybridized carbons (Fsp3) is 0.222. The lowest BCUT2D eigenvalue weighted by atomic mass is 10.0. The van der Waals surface area contributed by atoms with E-state index in [-0.39, 0.29) is 36.9 Å². The molecule has 1 saturated heterocycles. The number of H-pyrrole nitrogens is 1. The van der Waals surface area contributed by atoms with Crippen molar-refractivity contribution < 1.29 is 27.4 Å². The van der Waals surface area contributed by atoms with Crippen molar-refractivity contribution in [2.45, 2.75) is 11.0 Å². The van der Waals surface area contributed by atoms with E-state index in [1.807, 2.05) is 48.5 Å². The van der Waals surface area contributed by atoms with Crippen LogP contribution >= 0.6 is 11.6 Å². The van der Waals surface area contributed by atoms with E-state index in [0.717, 1.165) is 11.1 Å². The number of benzene rings is 3. The lowest BCUT2D eigenvalue weighted by molar-refractivity contribution is -0.0248. The standard InChI is InChI=1S/C27H26ClN3O6S/c1-35-23-8-4-2-6-19(23)20-7-3-5-9-24(20)37-16-18-15-31(12-13-36-18)38(33,34)26-21-14-17(28)10-11-22(21)30-25(26)27(29)32/h2-11,14,18,30H,12-13,15-16H2,1H3,(H2,29,32). The van der Waals surface area contributed by atoms with Gasteiger partial charge in [-0.2, -0.15) is 4.31 Å². The summed E-state index contributed by atoms with van der Waals surface area (Å²) in [5.74, 6) is 0.443. The van der Waals surface area contributed by atoms with Gasteiger partial charge in [0, 0.05) is 40.1 Å². The topological polar surface area (TPSA) is 124 Å². The first-order chi connectivity index (χ1) is 18.3. The number of nitrogens with one attached hydrogen (secondary N) is 1. The van der Waals surface area contributed by atoms with E-state index in [1.54, 1.807) is 19.2 Å². The van der Waals surface area contributed by atoms with E-state index in [9.17, 15) is 13.2 Å². The van der Waals surface area contributed by atoms with E-state index >= 15 is 0 Å². The van der Waals surface area contributed by atoms with Gasteiger partial charge in [-0.05, 0) is 30.3 Å². The van der Waals surface area contributed by atoms with E-state index < -0.39 is 22.0 Å². The van der Waals surface area contributed by atoms with Gasteiger partial charge < -0.3 is 24.9 Å². The predicted molar refractivity (Wildman–Crippen MR) is 144 cm³/mol. The van der Waals surface area contributed by atoms with Crippen molar-refractivity contribution in [1.82, 2.24) is 9.29 Å². The number of hydrogen-bond acceptors (Lipinski definition) is 6. The van der Waals surface area contributed by atoms with E-state index in [1.165, 1.54) is 10.4 Å². The number of carbonyl (C=O) groups is 1. The molecule has 198 valence electrons. The summed E-state index contributed by atoms with van der Waals surface area (Å²) in [6.07, 6.45) is -0.546. The molecule has 0 radical (unpaired) electrons. The number of fused-ring (bicyclic) bond motifs is 1. The number of methoxy groups -OCH3 is 1. The third-order valence-electron chi connectivity index (χ3n) is 6.37. The van der Waals surface area contributed by atoms with E-state index in [2.05, 4.69) is 4.98 Å². The summed E-state index contributed by atoms with van der Waals surface area (Å²) in [4.78, 5) is 14.8. The van der Waals surface area contributed by atoms with Gasteiger partial charge in [0.2, 0.25) is 10.0 Å². The Morgan fingerprint density at radius 3 is 2.50 bits per heavy atom. The normalized spacial score (nSPS) is 16.4. The number of aromatic amines is 1. The zero-order valence-corrected chi connectivity index (χ0v) is 22.1. The highest BCUT2D eigenvalue weighted by Crippen LogP contribution is 2.36. The van der Waals surface area contributed by atoms with Gasteiger partial charge in [0.05, 0.1) is 13.7 Å². The lowest BCUT2D eigenvalue weighted by Crippen LogP contribution is -2.47. The Bertz CT molecular complexity index is 1600. The van der Waals surface area contributed by atoms with Crippen LogP contribution in [0.3, 0.4) is 0 Å². The number of sulfonamides is 1. The molecule has 1 atom stereocenters. The van der Waals surface area contributed by atoms with Crippen LogP contribution in [0.1, 0.15) is 10.5 Å². The molecule has 11 heteroatoms. The van der Waals surface area contributed by atoms with Gasteiger partial charge in [0.1, 0.15) is 34.8 Å². The number of carbonyl (C=O) groups excluding carboxylic acids is 1. The molecule has 0 bridgehead atoms. The average Bonchev–Trinajstić information content (AvgIpc) is 3.32. The number of morpholine rings is 1. The predicted octanol–water partition coefficient (Wildman–Crippen LogP) is 4.06. The molecule has 2 heterocycles. The lowest BCUT2D eigenvalue weighted by Gasteiger charge is -2.32. The first-order valence-electron chi connectivity index (χ1n) is 11.9. The summed E-state index contributed by atoms with van der Waals surface area (Å²) in [5.41, 5.74) is 7.50. The zero-order chi connectivity index (χ0) is 26.9. The smallest absolute Gasteiger partial charge is 0.266 e. The molecule has 0 spiro atoms. The van der Waals surface area contributed by atoms with Gasteiger partial charge >= 0.3 is 0 Å². The largest absolute Gasteiger partial charge is 0.496 e. The maximum atomic E-state index is 13.8. The SMILES string of the molecule is COc1ccccc1-c1ccccc1OCC1CN(S(=O)(=O)c2c(C(N)=O)[nH]c3ccc(Cl)cc23)CCO1. The minimum absolute atomic E-state index is 0.0323. The van der Waals surface area contributed by atoms with Crippen LogP contribution in [0, 0.1) is 0 Å². The Morgan fingerprint density at radius 1 is 1.11 bits per heavy atom.